The lowest BCUT2D eigenvalue weighted by Crippen LogP contribution is -2.66. The molecule has 2 fully saturated rings. The van der Waals surface area contributed by atoms with Crippen molar-refractivity contribution in [1.82, 2.24) is 10.2 Å². The van der Waals surface area contributed by atoms with Crippen LogP contribution >= 0.6 is 0 Å². The van der Waals surface area contributed by atoms with Gasteiger partial charge in [0.25, 0.3) is 0 Å². The Balaban J connectivity index is 2.28. The second kappa shape index (κ2) is 5.71. The molecule has 2 aliphatic rings. The van der Waals surface area contributed by atoms with Gasteiger partial charge in [0.2, 0.25) is 11.8 Å². The molecule has 2 saturated heterocycles. The summed E-state index contributed by atoms with van der Waals surface area (Å²) in [5.74, 6) is -0.131. The molecule has 2 aliphatic heterocycles. The summed E-state index contributed by atoms with van der Waals surface area (Å²) >= 11 is 0. The Morgan fingerprint density at radius 3 is 2.50 bits per heavy atom. The van der Waals surface area contributed by atoms with Crippen molar-refractivity contribution in [2.24, 2.45) is 0 Å². The minimum atomic E-state index is -3.10. The Hall–Kier alpha value is -1.11. The smallest absolute Gasteiger partial charge is 0.246 e. The van der Waals surface area contributed by atoms with E-state index < -0.39 is 21.9 Å². The number of sulfone groups is 1. The van der Waals surface area contributed by atoms with Crippen molar-refractivity contribution >= 4 is 21.7 Å². The molecule has 7 heteroatoms. The highest BCUT2D eigenvalue weighted by Crippen LogP contribution is 2.25. The molecule has 114 valence electrons. The van der Waals surface area contributed by atoms with Gasteiger partial charge in [-0.05, 0) is 25.7 Å². The molecule has 0 spiro atoms. The van der Waals surface area contributed by atoms with Crippen LogP contribution in [0.4, 0.5) is 0 Å². The third-order valence-electron chi connectivity index (χ3n) is 4.13. The van der Waals surface area contributed by atoms with E-state index in [1.807, 2.05) is 13.8 Å². The molecule has 1 N–H and O–H groups in total. The number of nitrogens with one attached hydrogen (secondary N) is 1. The van der Waals surface area contributed by atoms with Crippen molar-refractivity contribution in [3.63, 3.8) is 0 Å². The maximum Gasteiger partial charge on any atom is 0.246 e. The molecule has 2 rings (SSSR count). The summed E-state index contributed by atoms with van der Waals surface area (Å²) < 4.78 is 23.6. The quantitative estimate of drug-likeness (QED) is 0.800. The maximum absolute atomic E-state index is 12.5. The topological polar surface area (TPSA) is 83.6 Å². The van der Waals surface area contributed by atoms with E-state index in [4.69, 9.17) is 0 Å². The van der Waals surface area contributed by atoms with Crippen LogP contribution in [-0.4, -0.2) is 54.8 Å². The van der Waals surface area contributed by atoms with Crippen molar-refractivity contribution in [3.8, 4) is 0 Å². The molecule has 20 heavy (non-hydrogen) atoms. The summed E-state index contributed by atoms with van der Waals surface area (Å²) in [6, 6.07) is -1.41. The first-order chi connectivity index (χ1) is 9.39. The normalized spacial score (nSPS) is 33.9. The van der Waals surface area contributed by atoms with Gasteiger partial charge in [-0.1, -0.05) is 13.8 Å². The fraction of sp³-hybridized carbons (Fsp3) is 0.846. The van der Waals surface area contributed by atoms with Crippen molar-refractivity contribution in [2.75, 3.05) is 11.5 Å². The summed E-state index contributed by atoms with van der Waals surface area (Å²) in [5.41, 5.74) is 0. The number of amides is 2. The van der Waals surface area contributed by atoms with Crippen LogP contribution < -0.4 is 5.32 Å². The van der Waals surface area contributed by atoms with Crippen LogP contribution in [0.1, 0.15) is 39.5 Å². The number of rotatable bonds is 3. The van der Waals surface area contributed by atoms with E-state index in [2.05, 4.69) is 5.32 Å². The molecular weight excluding hydrogens is 280 g/mol. The Labute approximate surface area is 119 Å². The summed E-state index contributed by atoms with van der Waals surface area (Å²) in [6.45, 7) is 3.68. The zero-order valence-electron chi connectivity index (χ0n) is 12.0. The molecule has 0 radical (unpaired) electrons. The Kier molecular flexibility index (Phi) is 4.36. The lowest BCUT2D eigenvalue weighted by molar-refractivity contribution is -0.152. The fourth-order valence-electron chi connectivity index (χ4n) is 3.10. The number of nitrogens with zero attached hydrogens (tertiary/aromatic N) is 1. The first-order valence-corrected chi connectivity index (χ1v) is 9.04. The molecule has 3 unspecified atom stereocenters. The van der Waals surface area contributed by atoms with Gasteiger partial charge in [0.1, 0.15) is 12.1 Å². The van der Waals surface area contributed by atoms with Gasteiger partial charge in [0.15, 0.2) is 9.84 Å². The maximum atomic E-state index is 12.5. The van der Waals surface area contributed by atoms with Crippen molar-refractivity contribution in [2.45, 2.75) is 57.7 Å². The van der Waals surface area contributed by atoms with E-state index in [-0.39, 0.29) is 29.4 Å². The number of carbonyl (C=O) groups is 2. The second-order valence-electron chi connectivity index (χ2n) is 5.55. The number of hydrogen-bond donors (Lipinski definition) is 1. The minimum Gasteiger partial charge on any atom is -0.343 e. The van der Waals surface area contributed by atoms with E-state index in [1.165, 1.54) is 0 Å². The lowest BCUT2D eigenvalue weighted by Gasteiger charge is -2.44. The van der Waals surface area contributed by atoms with Crippen LogP contribution in [0, 0.1) is 0 Å². The predicted octanol–water partition coefficient (Wildman–Crippen LogP) is 0.0792. The van der Waals surface area contributed by atoms with Crippen LogP contribution in [0.2, 0.25) is 0 Å². The van der Waals surface area contributed by atoms with E-state index in [1.54, 1.807) is 4.90 Å². The molecule has 2 amide bonds. The molecule has 2 heterocycles. The second-order valence-corrected chi connectivity index (χ2v) is 7.78. The van der Waals surface area contributed by atoms with Crippen LogP contribution in [-0.2, 0) is 19.4 Å². The van der Waals surface area contributed by atoms with Crippen LogP contribution in [0.5, 0.6) is 0 Å². The van der Waals surface area contributed by atoms with E-state index in [0.29, 0.717) is 25.7 Å². The molecule has 0 saturated carbocycles. The molecule has 0 aliphatic carbocycles. The fourth-order valence-corrected chi connectivity index (χ4v) is 4.79. The predicted molar refractivity (Wildman–Crippen MR) is 74.8 cm³/mol. The van der Waals surface area contributed by atoms with Crippen molar-refractivity contribution in [3.05, 3.63) is 0 Å². The Morgan fingerprint density at radius 1 is 1.25 bits per heavy atom. The molecule has 0 aromatic heterocycles. The van der Waals surface area contributed by atoms with Crippen LogP contribution in [0.3, 0.4) is 0 Å². The molecular formula is C13H22N2O4S. The highest BCUT2D eigenvalue weighted by atomic mass is 32.2. The van der Waals surface area contributed by atoms with Gasteiger partial charge in [-0.2, -0.15) is 0 Å². The minimum absolute atomic E-state index is 0.0149. The molecule has 0 aromatic carbocycles. The Bertz CT molecular complexity index is 503. The Morgan fingerprint density at radius 2 is 1.95 bits per heavy atom. The first kappa shape index (κ1) is 15.3. The van der Waals surface area contributed by atoms with Gasteiger partial charge < -0.3 is 10.2 Å². The summed E-state index contributed by atoms with van der Waals surface area (Å²) in [7, 11) is -3.10. The highest BCUT2D eigenvalue weighted by Gasteiger charge is 2.44. The van der Waals surface area contributed by atoms with Crippen molar-refractivity contribution < 1.29 is 18.0 Å². The van der Waals surface area contributed by atoms with Gasteiger partial charge in [-0.15, -0.1) is 0 Å². The number of piperazine rings is 1. The number of carbonyl (C=O) groups excluding carboxylic acids is 2. The highest BCUT2D eigenvalue weighted by molar-refractivity contribution is 7.91. The zero-order chi connectivity index (χ0) is 14.9. The average Bonchev–Trinajstić information content (AvgIpc) is 2.39. The lowest BCUT2D eigenvalue weighted by atomic mass is 9.99. The molecule has 6 nitrogen and oxygen atoms in total. The van der Waals surface area contributed by atoms with Gasteiger partial charge in [0, 0.05) is 6.04 Å². The summed E-state index contributed by atoms with van der Waals surface area (Å²) in [4.78, 5) is 26.1. The standard InChI is InChI=1S/C13H22N2O4S/c1-3-10-13(17)15(11(4-2)12(16)14-10)9-6-5-7-20(18,19)8-9/h9-11H,3-8H2,1-2H3,(H,14,16). The van der Waals surface area contributed by atoms with Gasteiger partial charge in [0.05, 0.1) is 11.5 Å². The average molecular weight is 302 g/mol. The monoisotopic (exact) mass is 302 g/mol. The molecule has 0 bridgehead atoms. The van der Waals surface area contributed by atoms with E-state index in [0.717, 1.165) is 0 Å². The largest absolute Gasteiger partial charge is 0.343 e. The van der Waals surface area contributed by atoms with Gasteiger partial charge in [-0.3, -0.25) is 9.59 Å². The van der Waals surface area contributed by atoms with Crippen LogP contribution in [0.25, 0.3) is 0 Å². The zero-order valence-corrected chi connectivity index (χ0v) is 12.8. The number of hydrogen-bond acceptors (Lipinski definition) is 4. The van der Waals surface area contributed by atoms with Crippen molar-refractivity contribution in [1.29, 1.82) is 0 Å². The summed E-state index contributed by atoms with van der Waals surface area (Å²) in [6.07, 6.45) is 2.25. The summed E-state index contributed by atoms with van der Waals surface area (Å²) in [5, 5.41) is 2.73. The molecule has 0 aromatic rings. The first-order valence-electron chi connectivity index (χ1n) is 7.22. The van der Waals surface area contributed by atoms with E-state index >= 15 is 0 Å². The van der Waals surface area contributed by atoms with Gasteiger partial charge >= 0.3 is 0 Å². The molecule has 3 atom stereocenters. The SMILES string of the molecule is CCC1NC(=O)C(CC)N(C2CCCS(=O)(=O)C2)C1=O. The van der Waals surface area contributed by atoms with Crippen LogP contribution in [0.15, 0.2) is 0 Å². The van der Waals surface area contributed by atoms with E-state index in [9.17, 15) is 18.0 Å². The third kappa shape index (κ3) is 2.82. The third-order valence-corrected chi connectivity index (χ3v) is 5.94. The van der Waals surface area contributed by atoms with Gasteiger partial charge in [-0.25, -0.2) is 8.42 Å².